The normalized spacial score (nSPS) is 22.8. The maximum absolute atomic E-state index is 3.99. The van der Waals surface area contributed by atoms with Gasteiger partial charge in [0.05, 0.1) is 23.8 Å². The molecule has 3 aliphatic carbocycles. The molecule has 6 aromatic carbocycles. The molecule has 2 N–H and O–H groups in total. The Labute approximate surface area is 353 Å². The molecule has 3 heteroatoms. The van der Waals surface area contributed by atoms with Crippen LogP contribution in [0.2, 0.25) is 0 Å². The van der Waals surface area contributed by atoms with Gasteiger partial charge in [-0.25, -0.2) is 0 Å². The van der Waals surface area contributed by atoms with Crippen molar-refractivity contribution in [1.82, 2.24) is 10.6 Å². The second-order valence-corrected chi connectivity index (χ2v) is 17.7. The quantitative estimate of drug-likeness (QED) is 0.183. The first-order valence-electron chi connectivity index (χ1n) is 21.6. The summed E-state index contributed by atoms with van der Waals surface area (Å²) < 4.78 is 0. The molecule has 4 atom stereocenters. The van der Waals surface area contributed by atoms with Crippen LogP contribution in [0.1, 0.15) is 72.0 Å². The number of fused-ring (bicyclic) bond motifs is 7. The van der Waals surface area contributed by atoms with E-state index in [2.05, 4.69) is 218 Å². The van der Waals surface area contributed by atoms with Crippen molar-refractivity contribution >= 4 is 39.5 Å². The summed E-state index contributed by atoms with van der Waals surface area (Å²) in [5, 5.41) is 10.4. The molecule has 0 fully saturated rings. The van der Waals surface area contributed by atoms with Gasteiger partial charge < -0.3 is 15.5 Å². The van der Waals surface area contributed by atoms with Gasteiger partial charge in [-0.2, -0.15) is 0 Å². The molecular formula is C57H47N3. The topological polar surface area (TPSA) is 27.3 Å². The molecule has 6 aliphatic rings. The second kappa shape index (κ2) is 13.6. The predicted octanol–water partition coefficient (Wildman–Crippen LogP) is 13.3. The second-order valence-electron chi connectivity index (χ2n) is 17.7. The van der Waals surface area contributed by atoms with E-state index in [0.29, 0.717) is 0 Å². The van der Waals surface area contributed by atoms with Gasteiger partial charge >= 0.3 is 0 Å². The Morgan fingerprint density at radius 1 is 0.667 bits per heavy atom. The third kappa shape index (κ3) is 5.49. The smallest absolute Gasteiger partial charge is 0.0757 e. The van der Waals surface area contributed by atoms with Crippen molar-refractivity contribution in [2.24, 2.45) is 0 Å². The number of dihydropyridines is 1. The van der Waals surface area contributed by atoms with E-state index >= 15 is 0 Å². The van der Waals surface area contributed by atoms with Gasteiger partial charge in [0.1, 0.15) is 0 Å². The molecule has 290 valence electrons. The fourth-order valence-corrected chi connectivity index (χ4v) is 11.0. The molecule has 3 nitrogen and oxygen atoms in total. The highest BCUT2D eigenvalue weighted by Gasteiger charge is 2.40. The lowest BCUT2D eigenvalue weighted by Gasteiger charge is -2.36. The van der Waals surface area contributed by atoms with Crippen LogP contribution in [-0.2, 0) is 5.41 Å². The Bertz CT molecular complexity index is 2990. The Morgan fingerprint density at radius 3 is 2.40 bits per heavy atom. The number of nitrogens with one attached hydrogen (secondary N) is 2. The SMILES string of the molecule is CC1(C)C2=C(CCC=C2)c2ccc(-c3cc(N4c5ccccc5C5C=C(C6=CC=CC(C7NC(c8ccccc8)=Cc8ccccc87)N6)C=CC54)c4ccccc4c3)cc21. The van der Waals surface area contributed by atoms with Crippen molar-refractivity contribution in [3.05, 3.63) is 232 Å². The van der Waals surface area contributed by atoms with E-state index < -0.39 is 0 Å². The standard InChI is InChI=1S/C57H47N3/c1-57(2)48-23-12-10-21-44(48)45-29-27-37(33-49(45)57)41-31-38-17-6-8-19-42(38)55(35-41)60-53-26-13-11-22-46(53)47-32-40(28-30-54(47)60)50-24-14-25-51(58-50)56-43-20-9-7-18-39(43)34-52(59-56)36-15-4-3-5-16-36/h3-9,11-20,22-35,47,51,54,56,58-59H,10,21H2,1-2H3. The highest BCUT2D eigenvalue weighted by atomic mass is 15.2. The van der Waals surface area contributed by atoms with Gasteiger partial charge in [-0.1, -0.05) is 166 Å². The minimum absolute atomic E-state index is 0.00663. The molecule has 0 radical (unpaired) electrons. The minimum Gasteiger partial charge on any atom is -0.376 e. The first-order valence-corrected chi connectivity index (χ1v) is 21.6. The number of para-hydroxylation sites is 1. The minimum atomic E-state index is -0.00663. The Hall–Kier alpha value is -6.84. The summed E-state index contributed by atoms with van der Waals surface area (Å²) in [6.45, 7) is 4.80. The van der Waals surface area contributed by atoms with Gasteiger partial charge in [0.2, 0.25) is 0 Å². The monoisotopic (exact) mass is 773 g/mol. The van der Waals surface area contributed by atoms with Crippen LogP contribution in [0, 0.1) is 0 Å². The van der Waals surface area contributed by atoms with Crippen molar-refractivity contribution in [3.8, 4) is 11.1 Å². The van der Waals surface area contributed by atoms with E-state index in [1.54, 1.807) is 0 Å². The van der Waals surface area contributed by atoms with Crippen molar-refractivity contribution in [2.45, 2.75) is 56.1 Å². The number of hydrogen-bond acceptors (Lipinski definition) is 3. The molecule has 3 heterocycles. The van der Waals surface area contributed by atoms with Gasteiger partial charge in [0.25, 0.3) is 0 Å². The van der Waals surface area contributed by atoms with Gasteiger partial charge in [-0.05, 0) is 116 Å². The highest BCUT2D eigenvalue weighted by molar-refractivity contribution is 6.01. The van der Waals surface area contributed by atoms with E-state index in [-0.39, 0.29) is 29.5 Å². The van der Waals surface area contributed by atoms with E-state index in [1.165, 1.54) is 83.4 Å². The molecule has 6 aromatic rings. The zero-order valence-corrected chi connectivity index (χ0v) is 34.1. The maximum atomic E-state index is 3.99. The van der Waals surface area contributed by atoms with E-state index in [9.17, 15) is 0 Å². The van der Waals surface area contributed by atoms with Gasteiger partial charge in [-0.15, -0.1) is 0 Å². The van der Waals surface area contributed by atoms with Crippen LogP contribution in [0.3, 0.4) is 0 Å². The third-order valence-electron chi connectivity index (χ3n) is 13.9. The van der Waals surface area contributed by atoms with E-state index in [1.807, 2.05) is 0 Å². The molecule has 0 saturated heterocycles. The summed E-state index contributed by atoms with van der Waals surface area (Å²) in [7, 11) is 0. The lowest BCUT2D eigenvalue weighted by atomic mass is 9.79. The Kier molecular flexibility index (Phi) is 7.97. The molecule has 0 spiro atoms. The van der Waals surface area contributed by atoms with Crippen molar-refractivity contribution in [2.75, 3.05) is 4.90 Å². The van der Waals surface area contributed by atoms with Crippen LogP contribution < -0.4 is 15.5 Å². The van der Waals surface area contributed by atoms with Crippen LogP contribution in [-0.4, -0.2) is 12.1 Å². The van der Waals surface area contributed by atoms with Crippen LogP contribution in [0.5, 0.6) is 0 Å². The fraction of sp³-hybridized carbons (Fsp3) is 0.158. The summed E-state index contributed by atoms with van der Waals surface area (Å²) in [5.41, 5.74) is 19.7. The van der Waals surface area contributed by atoms with Crippen LogP contribution in [0.15, 0.2) is 199 Å². The number of rotatable bonds is 5. The zero-order valence-electron chi connectivity index (χ0n) is 34.1. The molecule has 0 bridgehead atoms. The largest absolute Gasteiger partial charge is 0.376 e. The number of nitrogens with zero attached hydrogens (tertiary/aromatic N) is 1. The summed E-state index contributed by atoms with van der Waals surface area (Å²) >= 11 is 0. The summed E-state index contributed by atoms with van der Waals surface area (Å²) in [4.78, 5) is 2.61. The Morgan fingerprint density at radius 2 is 1.48 bits per heavy atom. The lowest BCUT2D eigenvalue weighted by molar-refractivity contribution is 0.501. The average Bonchev–Trinajstić information content (AvgIpc) is 3.76. The van der Waals surface area contributed by atoms with Crippen LogP contribution in [0.25, 0.3) is 39.2 Å². The Balaban J connectivity index is 0.886. The molecule has 0 aromatic heterocycles. The predicted molar refractivity (Wildman–Crippen MR) is 251 cm³/mol. The van der Waals surface area contributed by atoms with Gasteiger partial charge in [0.15, 0.2) is 0 Å². The van der Waals surface area contributed by atoms with Crippen molar-refractivity contribution in [3.63, 3.8) is 0 Å². The molecule has 60 heavy (non-hydrogen) atoms. The zero-order chi connectivity index (χ0) is 40.0. The number of benzene rings is 6. The first-order chi connectivity index (χ1) is 29.5. The molecule has 0 saturated carbocycles. The van der Waals surface area contributed by atoms with Crippen molar-refractivity contribution in [1.29, 1.82) is 0 Å². The molecule has 3 aliphatic heterocycles. The van der Waals surface area contributed by atoms with Gasteiger partial charge in [0, 0.05) is 33.8 Å². The summed E-state index contributed by atoms with van der Waals surface area (Å²) in [6.07, 6.45) is 23.4. The number of hydrogen-bond donors (Lipinski definition) is 2. The highest BCUT2D eigenvalue weighted by Crippen LogP contribution is 2.53. The van der Waals surface area contributed by atoms with E-state index in [4.69, 9.17) is 0 Å². The van der Waals surface area contributed by atoms with Crippen molar-refractivity contribution < 1.29 is 0 Å². The summed E-state index contributed by atoms with van der Waals surface area (Å²) in [6, 6.07) is 49.8. The summed E-state index contributed by atoms with van der Waals surface area (Å²) in [5.74, 6) is 0.197. The average molecular weight is 774 g/mol. The first kappa shape index (κ1) is 35.1. The maximum Gasteiger partial charge on any atom is 0.0757 e. The van der Waals surface area contributed by atoms with Crippen LogP contribution >= 0.6 is 0 Å². The van der Waals surface area contributed by atoms with E-state index in [0.717, 1.165) is 24.2 Å². The molecule has 12 rings (SSSR count). The molecule has 4 unspecified atom stereocenters. The third-order valence-corrected chi connectivity index (χ3v) is 13.9. The van der Waals surface area contributed by atoms with Crippen LogP contribution in [0.4, 0.5) is 11.4 Å². The number of allylic oxidation sites excluding steroid dienone is 7. The van der Waals surface area contributed by atoms with Gasteiger partial charge in [-0.3, -0.25) is 0 Å². The fourth-order valence-electron chi connectivity index (χ4n) is 11.0. The lowest BCUT2D eigenvalue weighted by Crippen LogP contribution is -2.42. The number of anilines is 2. The molecular weight excluding hydrogens is 727 g/mol. The molecule has 0 amide bonds.